The number of carbonyl (C=O) groups excluding carboxylic acids is 2. The molecule has 2 amide bonds. The molecule has 4 aromatic rings. The number of fused-ring (bicyclic) bond motifs is 1. The van der Waals surface area contributed by atoms with Gasteiger partial charge in [-0.2, -0.15) is 5.10 Å². The van der Waals surface area contributed by atoms with Crippen LogP contribution in [0.4, 0.5) is 5.82 Å². The van der Waals surface area contributed by atoms with Crippen LogP contribution in [0, 0.1) is 6.92 Å². The lowest BCUT2D eigenvalue weighted by molar-refractivity contribution is 0.0668. The van der Waals surface area contributed by atoms with E-state index in [2.05, 4.69) is 27.5 Å². The highest BCUT2D eigenvalue weighted by atomic mass is 32.1. The third kappa shape index (κ3) is 4.40. The summed E-state index contributed by atoms with van der Waals surface area (Å²) in [7, 11) is 2.06. The molecule has 0 bridgehead atoms. The van der Waals surface area contributed by atoms with E-state index in [1.54, 1.807) is 24.3 Å². The number of carbonyl (C=O) groups is 2. The van der Waals surface area contributed by atoms with Crippen LogP contribution in [0.1, 0.15) is 25.6 Å². The molecule has 9 heteroatoms. The summed E-state index contributed by atoms with van der Waals surface area (Å²) in [5.41, 5.74) is 2.08. The van der Waals surface area contributed by atoms with Crippen molar-refractivity contribution in [1.29, 1.82) is 0 Å². The van der Waals surface area contributed by atoms with Crippen molar-refractivity contribution in [2.45, 2.75) is 6.92 Å². The largest absolute Gasteiger partial charge is 0.457 e. The van der Waals surface area contributed by atoms with Crippen molar-refractivity contribution in [2.75, 3.05) is 38.5 Å². The minimum atomic E-state index is -0.301. The average molecular weight is 476 g/mol. The number of aromatic amines is 1. The Labute approximate surface area is 201 Å². The summed E-state index contributed by atoms with van der Waals surface area (Å²) >= 11 is 1.36. The molecule has 3 heterocycles. The number of nitrogens with one attached hydrogen (secondary N) is 2. The molecule has 1 aliphatic rings. The fourth-order valence-corrected chi connectivity index (χ4v) is 5.09. The van der Waals surface area contributed by atoms with E-state index in [4.69, 9.17) is 4.74 Å². The predicted molar refractivity (Wildman–Crippen MR) is 133 cm³/mol. The van der Waals surface area contributed by atoms with Crippen LogP contribution >= 0.6 is 11.3 Å². The fourth-order valence-electron chi connectivity index (χ4n) is 3.92. The highest BCUT2D eigenvalue weighted by Gasteiger charge is 2.26. The van der Waals surface area contributed by atoms with E-state index in [0.717, 1.165) is 28.9 Å². The zero-order chi connectivity index (χ0) is 23.7. The molecule has 0 aliphatic carbocycles. The molecule has 34 heavy (non-hydrogen) atoms. The van der Waals surface area contributed by atoms with E-state index in [-0.39, 0.29) is 11.8 Å². The molecule has 0 saturated carbocycles. The second-order valence-corrected chi connectivity index (χ2v) is 9.35. The van der Waals surface area contributed by atoms with Gasteiger partial charge in [0, 0.05) is 31.7 Å². The van der Waals surface area contributed by atoms with Gasteiger partial charge < -0.3 is 19.9 Å². The molecular weight excluding hydrogens is 450 g/mol. The van der Waals surface area contributed by atoms with Gasteiger partial charge in [-0.3, -0.25) is 14.7 Å². The van der Waals surface area contributed by atoms with Crippen molar-refractivity contribution >= 4 is 39.2 Å². The molecule has 5 rings (SSSR count). The Kier molecular flexibility index (Phi) is 6.04. The van der Waals surface area contributed by atoms with Crippen molar-refractivity contribution < 1.29 is 14.3 Å². The Morgan fingerprint density at radius 3 is 2.53 bits per heavy atom. The average Bonchev–Trinajstić information content (AvgIpc) is 3.40. The van der Waals surface area contributed by atoms with Gasteiger partial charge in [-0.15, -0.1) is 11.3 Å². The molecule has 1 aliphatic heterocycles. The molecule has 0 spiro atoms. The van der Waals surface area contributed by atoms with E-state index in [1.165, 1.54) is 11.3 Å². The molecule has 2 N–H and O–H groups in total. The van der Waals surface area contributed by atoms with Crippen molar-refractivity contribution in [2.24, 2.45) is 0 Å². The molecule has 0 unspecified atom stereocenters. The number of likely N-dealkylation sites (N-methyl/N-ethyl adjacent to an activating group) is 1. The summed E-state index contributed by atoms with van der Waals surface area (Å²) in [6.07, 6.45) is 0. The number of hydrogen-bond donors (Lipinski definition) is 2. The summed E-state index contributed by atoms with van der Waals surface area (Å²) in [4.78, 5) is 30.9. The number of aromatic nitrogens is 2. The normalized spacial score (nSPS) is 14.4. The topological polar surface area (TPSA) is 90.6 Å². The van der Waals surface area contributed by atoms with E-state index < -0.39 is 0 Å². The van der Waals surface area contributed by atoms with E-state index in [9.17, 15) is 9.59 Å². The lowest BCUT2D eigenvalue weighted by Gasteiger charge is -2.32. The Morgan fingerprint density at radius 1 is 1.03 bits per heavy atom. The van der Waals surface area contributed by atoms with Crippen molar-refractivity contribution in [3.05, 3.63) is 70.6 Å². The van der Waals surface area contributed by atoms with Gasteiger partial charge in [0.25, 0.3) is 11.8 Å². The Morgan fingerprint density at radius 2 is 1.76 bits per heavy atom. The minimum Gasteiger partial charge on any atom is -0.457 e. The van der Waals surface area contributed by atoms with Crippen molar-refractivity contribution in [3.8, 4) is 11.5 Å². The molecule has 2 aromatic heterocycles. The maximum atomic E-state index is 13.1. The summed E-state index contributed by atoms with van der Waals surface area (Å²) in [5.74, 6) is 1.41. The van der Waals surface area contributed by atoms with Crippen LogP contribution in [0.5, 0.6) is 11.5 Å². The van der Waals surface area contributed by atoms with Gasteiger partial charge in [-0.05, 0) is 49.9 Å². The van der Waals surface area contributed by atoms with Gasteiger partial charge in [-0.25, -0.2) is 0 Å². The number of ether oxygens (including phenoxy) is 1. The second-order valence-electron chi connectivity index (χ2n) is 8.33. The first-order chi connectivity index (χ1) is 16.5. The molecule has 1 saturated heterocycles. The van der Waals surface area contributed by atoms with Crippen LogP contribution in [0.25, 0.3) is 10.2 Å². The molecule has 2 aromatic carbocycles. The van der Waals surface area contributed by atoms with Crippen molar-refractivity contribution in [3.63, 3.8) is 0 Å². The molecule has 0 radical (unpaired) electrons. The maximum Gasteiger partial charge on any atom is 0.264 e. The zero-order valence-electron chi connectivity index (χ0n) is 19.0. The summed E-state index contributed by atoms with van der Waals surface area (Å²) in [5, 5.41) is 10.1. The summed E-state index contributed by atoms with van der Waals surface area (Å²) in [6, 6.07) is 16.4. The van der Waals surface area contributed by atoms with Crippen LogP contribution in [0.2, 0.25) is 0 Å². The number of hydrogen-bond acceptors (Lipinski definition) is 6. The number of H-pyrrole nitrogens is 1. The number of thiophene rings is 1. The highest BCUT2D eigenvalue weighted by Crippen LogP contribution is 2.35. The quantitative estimate of drug-likeness (QED) is 0.448. The smallest absolute Gasteiger partial charge is 0.264 e. The summed E-state index contributed by atoms with van der Waals surface area (Å²) < 4.78 is 6.60. The Bertz CT molecular complexity index is 1340. The molecule has 174 valence electrons. The monoisotopic (exact) mass is 475 g/mol. The first kappa shape index (κ1) is 22.1. The molecule has 1 fully saturated rings. The number of amides is 2. The first-order valence-electron chi connectivity index (χ1n) is 11.1. The van der Waals surface area contributed by atoms with Gasteiger partial charge in [-0.1, -0.05) is 24.3 Å². The Hall–Kier alpha value is -3.69. The Balaban J connectivity index is 1.34. The van der Waals surface area contributed by atoms with E-state index >= 15 is 0 Å². The van der Waals surface area contributed by atoms with Gasteiger partial charge in [0.15, 0.2) is 5.82 Å². The number of anilines is 1. The van der Waals surface area contributed by atoms with Gasteiger partial charge in [0.2, 0.25) is 0 Å². The number of para-hydroxylation sites is 1. The molecular formula is C25H25N5O3S. The number of benzene rings is 2. The fraction of sp³-hybridized carbons (Fsp3) is 0.240. The van der Waals surface area contributed by atoms with E-state index in [0.29, 0.717) is 40.8 Å². The van der Waals surface area contributed by atoms with Crippen LogP contribution in [-0.2, 0) is 0 Å². The molecule has 0 atom stereocenters. The van der Waals surface area contributed by atoms with Crippen LogP contribution in [0.3, 0.4) is 0 Å². The number of piperazine rings is 1. The highest BCUT2D eigenvalue weighted by molar-refractivity contribution is 7.21. The van der Waals surface area contributed by atoms with Crippen LogP contribution in [0.15, 0.2) is 54.6 Å². The predicted octanol–water partition coefficient (Wildman–Crippen LogP) is 4.37. The SMILES string of the molecule is Cc1c(C(=O)N2CCN(C)CC2)sc2c(NC(=O)c3cccc(Oc4ccccc4)c3)n[nH]c12. The number of rotatable bonds is 5. The van der Waals surface area contributed by atoms with Crippen molar-refractivity contribution in [1.82, 2.24) is 20.0 Å². The van der Waals surface area contributed by atoms with Gasteiger partial charge in [0.05, 0.1) is 15.1 Å². The third-order valence-electron chi connectivity index (χ3n) is 5.93. The lowest BCUT2D eigenvalue weighted by Crippen LogP contribution is -2.47. The van der Waals surface area contributed by atoms with Crippen LogP contribution in [-0.4, -0.2) is 65.0 Å². The standard InChI is InChI=1S/C25H25N5O3S/c1-16-20-22(34-21(16)25(32)30-13-11-29(2)12-14-30)23(28-27-20)26-24(31)17-7-6-10-19(15-17)33-18-8-4-3-5-9-18/h3-10,15H,11-14H2,1-2H3,(H2,26,27,28,31). The maximum absolute atomic E-state index is 13.1. The zero-order valence-corrected chi connectivity index (χ0v) is 19.8. The van der Waals surface area contributed by atoms with Crippen LogP contribution < -0.4 is 10.1 Å². The number of aryl methyl sites for hydroxylation is 1. The summed E-state index contributed by atoms with van der Waals surface area (Å²) in [6.45, 7) is 5.07. The number of nitrogens with zero attached hydrogens (tertiary/aromatic N) is 3. The van der Waals surface area contributed by atoms with Gasteiger partial charge >= 0.3 is 0 Å². The lowest BCUT2D eigenvalue weighted by atomic mass is 10.2. The van der Waals surface area contributed by atoms with Gasteiger partial charge in [0.1, 0.15) is 11.5 Å². The third-order valence-corrected chi connectivity index (χ3v) is 7.22. The first-order valence-corrected chi connectivity index (χ1v) is 11.9. The minimum absolute atomic E-state index is 0.0308. The molecule has 8 nitrogen and oxygen atoms in total. The second kappa shape index (κ2) is 9.28. The van der Waals surface area contributed by atoms with E-state index in [1.807, 2.05) is 42.2 Å².